The molecule has 1 heterocycles. The summed E-state index contributed by atoms with van der Waals surface area (Å²) in [7, 11) is -3.77. The Hall–Kier alpha value is -2.49. The van der Waals surface area contributed by atoms with E-state index in [2.05, 4.69) is 16.6 Å². The smallest absolute Gasteiger partial charge is 0.336 e. The number of aromatic nitrogens is 2. The average molecular weight is 529 g/mol. The number of rotatable bonds is 13. The van der Waals surface area contributed by atoms with Crippen LogP contribution in [0.1, 0.15) is 67.5 Å². The molecule has 0 radical (unpaired) electrons. The van der Waals surface area contributed by atoms with E-state index in [1.165, 1.54) is 0 Å². The fourth-order valence-corrected chi connectivity index (χ4v) is 4.24. The van der Waals surface area contributed by atoms with E-state index in [-0.39, 0.29) is 12.1 Å². The molecule has 1 aromatic rings. The van der Waals surface area contributed by atoms with Gasteiger partial charge in [0.15, 0.2) is 5.82 Å². The Morgan fingerprint density at radius 2 is 1.64 bits per heavy atom. The fraction of sp³-hybridized carbons (Fsp3) is 0.667. The summed E-state index contributed by atoms with van der Waals surface area (Å²) >= 11 is 0. The largest absolute Gasteiger partial charge is 0.438 e. The van der Waals surface area contributed by atoms with Crippen molar-refractivity contribution in [3.05, 3.63) is 18.6 Å². The van der Waals surface area contributed by atoms with Crippen LogP contribution < -0.4 is 5.73 Å². The molecule has 1 aromatic heterocycles. The van der Waals surface area contributed by atoms with Crippen LogP contribution in [0.5, 0.6) is 0 Å². The van der Waals surface area contributed by atoms with Crippen LogP contribution in [0.3, 0.4) is 0 Å². The molecule has 0 fully saturated rings. The molecule has 1 rings (SSSR count). The summed E-state index contributed by atoms with van der Waals surface area (Å²) < 4.78 is 36.2. The van der Waals surface area contributed by atoms with Crippen molar-refractivity contribution >= 4 is 37.3 Å². The van der Waals surface area contributed by atoms with Gasteiger partial charge in [0.25, 0.3) is 0 Å². The highest BCUT2D eigenvalue weighted by molar-refractivity contribution is 7.53. The SMILES string of the molecule is C=C(N)c1ncn(C[C@@H](C)CCP(=O)(OCOC(=O)C(C)(C)C)OCOC(=O)C(C)(C)C)c1/N=C\C. The van der Waals surface area contributed by atoms with Crippen LogP contribution in [0.25, 0.3) is 5.70 Å². The molecule has 0 aliphatic carbocycles. The van der Waals surface area contributed by atoms with Gasteiger partial charge >= 0.3 is 19.5 Å². The number of nitrogens with two attached hydrogens (primary N) is 1. The van der Waals surface area contributed by atoms with Crippen LogP contribution in [0, 0.1) is 16.7 Å². The van der Waals surface area contributed by atoms with Gasteiger partial charge in [0, 0.05) is 12.8 Å². The Bertz CT molecular complexity index is 954. The van der Waals surface area contributed by atoms with E-state index in [0.29, 0.717) is 30.2 Å². The molecule has 0 unspecified atom stereocenters. The zero-order valence-corrected chi connectivity index (χ0v) is 23.6. The molecule has 0 aliphatic heterocycles. The van der Waals surface area contributed by atoms with Gasteiger partial charge in [-0.2, -0.15) is 0 Å². The molecule has 0 aromatic carbocycles. The predicted octanol–water partition coefficient (Wildman–Crippen LogP) is 4.88. The Morgan fingerprint density at radius 1 is 1.14 bits per heavy atom. The Kier molecular flexibility index (Phi) is 11.5. The third-order valence-electron chi connectivity index (χ3n) is 4.87. The highest BCUT2D eigenvalue weighted by atomic mass is 31.2. The first-order chi connectivity index (χ1) is 16.5. The molecule has 0 spiro atoms. The van der Waals surface area contributed by atoms with E-state index >= 15 is 0 Å². The van der Waals surface area contributed by atoms with Crippen molar-refractivity contribution in [3.8, 4) is 0 Å². The van der Waals surface area contributed by atoms with Crippen molar-refractivity contribution in [1.82, 2.24) is 9.55 Å². The van der Waals surface area contributed by atoms with Gasteiger partial charge in [-0.1, -0.05) is 13.5 Å². The number of hydrogen-bond acceptors (Lipinski definition) is 10. The molecule has 11 nitrogen and oxygen atoms in total. The molecule has 2 N–H and O–H groups in total. The molecule has 204 valence electrons. The van der Waals surface area contributed by atoms with Crippen LogP contribution in [0.15, 0.2) is 17.9 Å². The van der Waals surface area contributed by atoms with Crippen molar-refractivity contribution in [2.45, 2.75) is 68.4 Å². The van der Waals surface area contributed by atoms with Gasteiger partial charge in [-0.3, -0.25) is 23.2 Å². The predicted molar refractivity (Wildman–Crippen MR) is 139 cm³/mol. The number of esters is 2. The lowest BCUT2D eigenvalue weighted by atomic mass is 9.98. The van der Waals surface area contributed by atoms with E-state index in [1.54, 1.807) is 61.0 Å². The van der Waals surface area contributed by atoms with Crippen molar-refractivity contribution in [3.63, 3.8) is 0 Å². The summed E-state index contributed by atoms with van der Waals surface area (Å²) in [5.41, 5.74) is 5.12. The second kappa shape index (κ2) is 13.2. The average Bonchev–Trinajstić information content (AvgIpc) is 3.13. The van der Waals surface area contributed by atoms with Crippen LogP contribution in [-0.2, 0) is 39.2 Å². The molecule has 36 heavy (non-hydrogen) atoms. The zero-order valence-electron chi connectivity index (χ0n) is 22.7. The van der Waals surface area contributed by atoms with Crippen LogP contribution in [0.4, 0.5) is 5.82 Å². The number of ether oxygens (including phenoxy) is 2. The minimum atomic E-state index is -3.77. The first-order valence-corrected chi connectivity index (χ1v) is 13.4. The van der Waals surface area contributed by atoms with Crippen LogP contribution in [-0.4, -0.2) is 47.5 Å². The first-order valence-electron chi connectivity index (χ1n) is 11.7. The van der Waals surface area contributed by atoms with Gasteiger partial charge in [0.1, 0.15) is 5.69 Å². The maximum absolute atomic E-state index is 13.4. The monoisotopic (exact) mass is 528 g/mol. The molecular weight excluding hydrogens is 487 g/mol. The molecule has 0 saturated carbocycles. The molecule has 12 heteroatoms. The molecule has 1 atom stereocenters. The third-order valence-corrected chi connectivity index (χ3v) is 6.68. The Labute approximate surface area is 214 Å². The van der Waals surface area contributed by atoms with E-state index in [4.69, 9.17) is 24.3 Å². The van der Waals surface area contributed by atoms with E-state index in [0.717, 1.165) is 0 Å². The van der Waals surface area contributed by atoms with E-state index in [9.17, 15) is 14.2 Å². The summed E-state index contributed by atoms with van der Waals surface area (Å²) in [6, 6.07) is 0. The minimum Gasteiger partial charge on any atom is -0.438 e. The van der Waals surface area contributed by atoms with Gasteiger partial charge in [-0.15, -0.1) is 0 Å². The lowest BCUT2D eigenvalue weighted by Crippen LogP contribution is -2.25. The zero-order chi connectivity index (χ0) is 27.7. The summed E-state index contributed by atoms with van der Waals surface area (Å²) in [5.74, 6) is -0.444. The number of hydrogen-bond donors (Lipinski definition) is 1. The molecular formula is C24H41N4O7P. The Balaban J connectivity index is 2.87. The quantitative estimate of drug-likeness (QED) is 0.164. The van der Waals surface area contributed by atoms with Crippen molar-refractivity contribution in [1.29, 1.82) is 0 Å². The molecule has 0 amide bonds. The van der Waals surface area contributed by atoms with Gasteiger partial charge in [-0.05, 0) is 60.8 Å². The second-order valence-corrected chi connectivity index (χ2v) is 12.8. The lowest BCUT2D eigenvalue weighted by molar-refractivity contribution is -0.162. The topological polar surface area (TPSA) is 144 Å². The molecule has 0 aliphatic rings. The van der Waals surface area contributed by atoms with Crippen molar-refractivity contribution in [2.75, 3.05) is 19.7 Å². The minimum absolute atomic E-state index is 0.00123. The molecule has 0 bridgehead atoms. The van der Waals surface area contributed by atoms with Gasteiger partial charge < -0.3 is 19.8 Å². The fourth-order valence-electron chi connectivity index (χ4n) is 2.72. The van der Waals surface area contributed by atoms with Crippen molar-refractivity contribution in [2.24, 2.45) is 27.5 Å². The summed E-state index contributed by atoms with van der Waals surface area (Å²) in [6.45, 7) is 17.0. The number of imidazole rings is 1. The number of carbonyl (C=O) groups excluding carboxylic acids is 2. The van der Waals surface area contributed by atoms with E-state index < -0.39 is 44.0 Å². The maximum atomic E-state index is 13.4. The standard InChI is InChI=1S/C24H41N4O7P/c1-10-26-20-19(18(3)25)27-14-28(20)13-17(2)11-12-36(31,34-15-32-21(29)23(4,5)6)35-16-33-22(30)24(7,8)9/h10,14,17H,3,11-13,15-16,25H2,1-2,4-9H3/b26-10-/t17-/m0/s1. The van der Waals surface area contributed by atoms with Crippen LogP contribution >= 0.6 is 7.60 Å². The summed E-state index contributed by atoms with van der Waals surface area (Å²) in [6.07, 6.45) is 3.69. The lowest BCUT2D eigenvalue weighted by Gasteiger charge is -2.23. The second-order valence-electron chi connectivity index (χ2n) is 10.6. The Morgan fingerprint density at radius 3 is 2.06 bits per heavy atom. The summed E-state index contributed by atoms with van der Waals surface area (Å²) in [4.78, 5) is 32.7. The van der Waals surface area contributed by atoms with Gasteiger partial charge in [-0.25, -0.2) is 9.98 Å². The molecule has 0 saturated heterocycles. The van der Waals surface area contributed by atoms with Gasteiger partial charge in [0.2, 0.25) is 13.6 Å². The van der Waals surface area contributed by atoms with Crippen LogP contribution in [0.2, 0.25) is 0 Å². The number of nitrogens with zero attached hydrogens (tertiary/aromatic N) is 3. The highest BCUT2D eigenvalue weighted by Gasteiger charge is 2.30. The third kappa shape index (κ3) is 10.2. The first kappa shape index (κ1) is 31.5. The van der Waals surface area contributed by atoms with E-state index in [1.807, 2.05) is 11.5 Å². The van der Waals surface area contributed by atoms with Gasteiger partial charge in [0.05, 0.1) is 29.0 Å². The number of carbonyl (C=O) groups is 2. The highest BCUT2D eigenvalue weighted by Crippen LogP contribution is 2.49. The normalized spacial score (nSPS) is 13.6. The maximum Gasteiger partial charge on any atom is 0.336 e. The van der Waals surface area contributed by atoms with Crippen molar-refractivity contribution < 1.29 is 32.7 Å². The number of aliphatic imine (C=N–C) groups is 1. The summed E-state index contributed by atoms with van der Waals surface area (Å²) in [5, 5.41) is 0.